The predicted molar refractivity (Wildman–Crippen MR) is 76.2 cm³/mol. The van der Waals surface area contributed by atoms with Crippen LogP contribution in [0.3, 0.4) is 0 Å². The summed E-state index contributed by atoms with van der Waals surface area (Å²) in [6.07, 6.45) is 3.79. The lowest BCUT2D eigenvalue weighted by atomic mass is 9.68. The van der Waals surface area contributed by atoms with E-state index in [1.807, 2.05) is 24.3 Å². The maximum Gasteiger partial charge on any atom is 0.231 e. The highest BCUT2D eigenvalue weighted by Gasteiger charge is 2.42. The molecular weight excluding hydrogens is 240 g/mol. The van der Waals surface area contributed by atoms with Crippen molar-refractivity contribution in [1.82, 2.24) is 0 Å². The van der Waals surface area contributed by atoms with E-state index < -0.39 is 0 Å². The van der Waals surface area contributed by atoms with Crippen molar-refractivity contribution < 1.29 is 9.53 Å². The van der Waals surface area contributed by atoms with Crippen LogP contribution in [0.2, 0.25) is 0 Å². The number of rotatable bonds is 6. The average molecular weight is 262 g/mol. The van der Waals surface area contributed by atoms with Gasteiger partial charge in [0.05, 0.1) is 17.7 Å². The summed E-state index contributed by atoms with van der Waals surface area (Å²) in [4.78, 5) is 12.3. The van der Waals surface area contributed by atoms with Crippen molar-refractivity contribution >= 4 is 11.6 Å². The lowest BCUT2D eigenvalue weighted by molar-refractivity contribution is -0.129. The molecule has 1 aliphatic carbocycles. The second kappa shape index (κ2) is 6.06. The largest absolute Gasteiger partial charge is 0.491 e. The van der Waals surface area contributed by atoms with Crippen LogP contribution in [0.4, 0.5) is 5.69 Å². The Morgan fingerprint density at radius 2 is 2.16 bits per heavy atom. The van der Waals surface area contributed by atoms with Crippen molar-refractivity contribution in [2.24, 2.45) is 11.1 Å². The second-order valence-corrected chi connectivity index (χ2v) is 5.14. The molecule has 0 radical (unpaired) electrons. The van der Waals surface area contributed by atoms with Gasteiger partial charge in [-0.05, 0) is 31.4 Å². The Morgan fingerprint density at radius 1 is 1.42 bits per heavy atom. The maximum atomic E-state index is 12.3. The predicted octanol–water partition coefficient (Wildman–Crippen LogP) is 2.54. The smallest absolute Gasteiger partial charge is 0.231 e. The first-order valence-corrected chi connectivity index (χ1v) is 6.95. The Labute approximate surface area is 114 Å². The standard InChI is InChI=1S/C15H22N2O2/c1-2-10-19-13-7-4-3-6-12(13)17-14(18)15(11-16)8-5-9-15/h3-4,6-7H,2,5,8-11,16H2,1H3,(H,17,18). The number of ether oxygens (including phenoxy) is 1. The van der Waals surface area contributed by atoms with Gasteiger partial charge >= 0.3 is 0 Å². The normalized spacial score (nSPS) is 16.5. The van der Waals surface area contributed by atoms with E-state index >= 15 is 0 Å². The minimum Gasteiger partial charge on any atom is -0.491 e. The zero-order valence-corrected chi connectivity index (χ0v) is 11.4. The number of benzene rings is 1. The third-order valence-electron chi connectivity index (χ3n) is 3.78. The Hall–Kier alpha value is -1.55. The molecule has 3 N–H and O–H groups in total. The molecule has 4 nitrogen and oxygen atoms in total. The van der Waals surface area contributed by atoms with Gasteiger partial charge in [0, 0.05) is 6.54 Å². The van der Waals surface area contributed by atoms with E-state index in [0.29, 0.717) is 13.2 Å². The molecule has 2 rings (SSSR count). The van der Waals surface area contributed by atoms with Crippen LogP contribution in [0.25, 0.3) is 0 Å². The van der Waals surface area contributed by atoms with Gasteiger partial charge < -0.3 is 15.8 Å². The maximum absolute atomic E-state index is 12.3. The van der Waals surface area contributed by atoms with Gasteiger partial charge in [-0.15, -0.1) is 0 Å². The minimum atomic E-state index is -0.363. The summed E-state index contributed by atoms with van der Waals surface area (Å²) >= 11 is 0. The van der Waals surface area contributed by atoms with Crippen molar-refractivity contribution in [2.45, 2.75) is 32.6 Å². The first kappa shape index (κ1) is 13.9. The molecule has 1 amide bonds. The summed E-state index contributed by atoms with van der Waals surface area (Å²) in [7, 11) is 0. The van der Waals surface area contributed by atoms with Gasteiger partial charge in [-0.1, -0.05) is 25.5 Å². The molecule has 1 aromatic carbocycles. The summed E-state index contributed by atoms with van der Waals surface area (Å²) in [5.41, 5.74) is 6.12. The highest BCUT2D eigenvalue weighted by atomic mass is 16.5. The van der Waals surface area contributed by atoms with E-state index in [1.165, 1.54) is 0 Å². The van der Waals surface area contributed by atoms with E-state index in [1.54, 1.807) is 0 Å². The van der Waals surface area contributed by atoms with Gasteiger partial charge in [-0.3, -0.25) is 4.79 Å². The van der Waals surface area contributed by atoms with E-state index in [9.17, 15) is 4.79 Å². The Kier molecular flexibility index (Phi) is 4.43. The Balaban J connectivity index is 2.08. The van der Waals surface area contributed by atoms with E-state index in [2.05, 4.69) is 12.2 Å². The SMILES string of the molecule is CCCOc1ccccc1NC(=O)C1(CN)CCC1. The quantitative estimate of drug-likeness (QED) is 0.828. The van der Waals surface area contributed by atoms with Crippen LogP contribution >= 0.6 is 0 Å². The van der Waals surface area contributed by atoms with Crippen molar-refractivity contribution in [3.8, 4) is 5.75 Å². The third kappa shape index (κ3) is 2.89. The van der Waals surface area contributed by atoms with Crippen molar-refractivity contribution in [1.29, 1.82) is 0 Å². The molecule has 0 aromatic heterocycles. The van der Waals surface area contributed by atoms with Crippen LogP contribution in [-0.4, -0.2) is 19.1 Å². The monoisotopic (exact) mass is 262 g/mol. The van der Waals surface area contributed by atoms with Gasteiger partial charge in [-0.25, -0.2) is 0 Å². The molecule has 4 heteroatoms. The topological polar surface area (TPSA) is 64.3 Å². The fourth-order valence-corrected chi connectivity index (χ4v) is 2.29. The summed E-state index contributed by atoms with van der Waals surface area (Å²) in [6.45, 7) is 3.12. The summed E-state index contributed by atoms with van der Waals surface area (Å²) < 4.78 is 5.64. The molecule has 0 spiro atoms. The second-order valence-electron chi connectivity index (χ2n) is 5.14. The summed E-state index contributed by atoms with van der Waals surface area (Å²) in [5.74, 6) is 0.748. The number of nitrogens with one attached hydrogen (secondary N) is 1. The van der Waals surface area contributed by atoms with Crippen LogP contribution in [0, 0.1) is 5.41 Å². The van der Waals surface area contributed by atoms with Gasteiger partial charge in [0.2, 0.25) is 5.91 Å². The van der Waals surface area contributed by atoms with Gasteiger partial charge in [-0.2, -0.15) is 0 Å². The number of carbonyl (C=O) groups is 1. The van der Waals surface area contributed by atoms with Crippen LogP contribution in [0.1, 0.15) is 32.6 Å². The van der Waals surface area contributed by atoms with Crippen LogP contribution < -0.4 is 15.8 Å². The highest BCUT2D eigenvalue weighted by molar-refractivity contribution is 5.97. The zero-order chi connectivity index (χ0) is 13.7. The number of nitrogens with two attached hydrogens (primary N) is 1. The molecule has 1 aliphatic rings. The Morgan fingerprint density at radius 3 is 2.74 bits per heavy atom. The van der Waals surface area contributed by atoms with Gasteiger partial charge in [0.1, 0.15) is 5.75 Å². The lowest BCUT2D eigenvalue weighted by Crippen LogP contribution is -2.47. The number of carbonyl (C=O) groups excluding carboxylic acids is 1. The first-order chi connectivity index (χ1) is 9.22. The molecule has 0 aliphatic heterocycles. The molecule has 0 atom stereocenters. The number of para-hydroxylation sites is 2. The van der Waals surface area contributed by atoms with E-state index in [4.69, 9.17) is 10.5 Å². The van der Waals surface area contributed by atoms with Crippen molar-refractivity contribution in [3.05, 3.63) is 24.3 Å². The van der Waals surface area contributed by atoms with E-state index in [-0.39, 0.29) is 11.3 Å². The summed E-state index contributed by atoms with van der Waals surface area (Å²) in [6, 6.07) is 7.54. The van der Waals surface area contributed by atoms with Gasteiger partial charge in [0.25, 0.3) is 0 Å². The third-order valence-corrected chi connectivity index (χ3v) is 3.78. The number of hydrogen-bond donors (Lipinski definition) is 2. The number of hydrogen-bond acceptors (Lipinski definition) is 3. The Bertz CT molecular complexity index is 436. The minimum absolute atomic E-state index is 0.0220. The molecular formula is C15H22N2O2. The molecule has 19 heavy (non-hydrogen) atoms. The fraction of sp³-hybridized carbons (Fsp3) is 0.533. The molecule has 0 unspecified atom stereocenters. The first-order valence-electron chi connectivity index (χ1n) is 6.95. The highest BCUT2D eigenvalue weighted by Crippen LogP contribution is 2.41. The van der Waals surface area contributed by atoms with Crippen molar-refractivity contribution in [3.63, 3.8) is 0 Å². The van der Waals surface area contributed by atoms with E-state index in [0.717, 1.165) is 37.1 Å². The number of amides is 1. The van der Waals surface area contributed by atoms with Crippen molar-refractivity contribution in [2.75, 3.05) is 18.5 Å². The molecule has 0 bridgehead atoms. The van der Waals surface area contributed by atoms with Gasteiger partial charge in [0.15, 0.2) is 0 Å². The van der Waals surface area contributed by atoms with Crippen LogP contribution in [0.15, 0.2) is 24.3 Å². The zero-order valence-electron chi connectivity index (χ0n) is 11.4. The molecule has 0 heterocycles. The molecule has 0 saturated heterocycles. The molecule has 1 fully saturated rings. The number of anilines is 1. The lowest BCUT2D eigenvalue weighted by Gasteiger charge is -2.39. The van der Waals surface area contributed by atoms with Crippen LogP contribution in [0.5, 0.6) is 5.75 Å². The summed E-state index contributed by atoms with van der Waals surface area (Å²) in [5, 5.41) is 2.97. The van der Waals surface area contributed by atoms with Crippen LogP contribution in [-0.2, 0) is 4.79 Å². The fourth-order valence-electron chi connectivity index (χ4n) is 2.29. The molecule has 1 saturated carbocycles. The average Bonchev–Trinajstić information content (AvgIpc) is 2.37. The molecule has 1 aromatic rings. The molecule has 104 valence electrons.